The van der Waals surface area contributed by atoms with Gasteiger partial charge in [-0.2, -0.15) is 0 Å². The maximum atomic E-state index is 4.60. The summed E-state index contributed by atoms with van der Waals surface area (Å²) in [5, 5.41) is 3.33. The van der Waals surface area contributed by atoms with E-state index in [1.807, 2.05) is 6.20 Å². The van der Waals surface area contributed by atoms with Crippen LogP contribution < -0.4 is 5.32 Å². The normalized spacial score (nSPS) is 24.6. The van der Waals surface area contributed by atoms with Crippen molar-refractivity contribution in [2.75, 3.05) is 13.1 Å². The summed E-state index contributed by atoms with van der Waals surface area (Å²) in [5.41, 5.74) is 2.46. The number of hydrogen-bond acceptors (Lipinski definition) is 3. The van der Waals surface area contributed by atoms with E-state index in [0.717, 1.165) is 25.6 Å². The van der Waals surface area contributed by atoms with Crippen molar-refractivity contribution in [2.45, 2.75) is 52.7 Å². The van der Waals surface area contributed by atoms with E-state index in [1.54, 1.807) is 0 Å². The fraction of sp³-hybridized carbons (Fsp3) is 0.688. The number of nitrogens with zero attached hydrogens (tertiary/aromatic N) is 2. The molecule has 0 spiro atoms. The molecule has 1 aromatic rings. The van der Waals surface area contributed by atoms with E-state index < -0.39 is 0 Å². The Bertz CT molecular complexity index is 374. The minimum atomic E-state index is 0.694. The predicted molar refractivity (Wildman–Crippen MR) is 79.9 cm³/mol. The quantitative estimate of drug-likeness (QED) is 0.883. The summed E-state index contributed by atoms with van der Waals surface area (Å²) in [4.78, 5) is 7.17. The molecule has 2 rings (SSSR count). The average molecular weight is 261 g/mol. The van der Waals surface area contributed by atoms with Crippen LogP contribution in [0.15, 0.2) is 18.3 Å². The van der Waals surface area contributed by atoms with Crippen LogP contribution in [0.1, 0.15) is 44.9 Å². The molecular weight excluding hydrogens is 234 g/mol. The second-order valence-electron chi connectivity index (χ2n) is 5.90. The van der Waals surface area contributed by atoms with Crippen LogP contribution in [0, 0.1) is 5.92 Å². The lowest BCUT2D eigenvalue weighted by atomic mass is 9.95. The van der Waals surface area contributed by atoms with Gasteiger partial charge in [0.25, 0.3) is 0 Å². The standard InChI is InChI=1S/C16H27N3/c1-4-17-9-15-7-8-16(18-10-15)12-19-11-13(2)5-6-14(19)3/h7-8,10,13-14,17H,4-6,9,11-12H2,1-3H3. The molecule has 0 amide bonds. The Morgan fingerprint density at radius 2 is 2.16 bits per heavy atom. The fourth-order valence-electron chi connectivity index (χ4n) is 2.73. The Morgan fingerprint density at radius 3 is 2.84 bits per heavy atom. The van der Waals surface area contributed by atoms with Gasteiger partial charge in [-0.3, -0.25) is 9.88 Å². The fourth-order valence-corrected chi connectivity index (χ4v) is 2.73. The molecule has 1 saturated heterocycles. The van der Waals surface area contributed by atoms with Crippen molar-refractivity contribution >= 4 is 0 Å². The van der Waals surface area contributed by atoms with Crippen LogP contribution in [0.25, 0.3) is 0 Å². The molecule has 1 aromatic heterocycles. The largest absolute Gasteiger partial charge is 0.313 e. The Balaban J connectivity index is 1.91. The summed E-state index contributed by atoms with van der Waals surface area (Å²) < 4.78 is 0. The van der Waals surface area contributed by atoms with Crippen LogP contribution >= 0.6 is 0 Å². The first-order chi connectivity index (χ1) is 9.19. The van der Waals surface area contributed by atoms with Gasteiger partial charge in [0, 0.05) is 31.9 Å². The van der Waals surface area contributed by atoms with Crippen molar-refractivity contribution in [2.24, 2.45) is 5.92 Å². The topological polar surface area (TPSA) is 28.2 Å². The summed E-state index contributed by atoms with van der Waals surface area (Å²) in [7, 11) is 0. The van der Waals surface area contributed by atoms with Gasteiger partial charge in [-0.05, 0) is 43.9 Å². The van der Waals surface area contributed by atoms with Gasteiger partial charge < -0.3 is 5.32 Å². The molecule has 2 heterocycles. The van der Waals surface area contributed by atoms with Crippen molar-refractivity contribution in [1.82, 2.24) is 15.2 Å². The highest BCUT2D eigenvalue weighted by atomic mass is 15.2. The maximum absolute atomic E-state index is 4.60. The van der Waals surface area contributed by atoms with Crippen LogP contribution in [0.4, 0.5) is 0 Å². The Kier molecular flexibility index (Phi) is 5.34. The molecule has 0 bridgehead atoms. The van der Waals surface area contributed by atoms with E-state index in [0.29, 0.717) is 6.04 Å². The minimum Gasteiger partial charge on any atom is -0.313 e. The molecule has 19 heavy (non-hydrogen) atoms. The third-order valence-corrected chi connectivity index (χ3v) is 4.08. The molecular formula is C16H27N3. The molecule has 1 aliphatic heterocycles. The molecule has 3 heteroatoms. The van der Waals surface area contributed by atoms with Crippen molar-refractivity contribution < 1.29 is 0 Å². The van der Waals surface area contributed by atoms with E-state index in [9.17, 15) is 0 Å². The van der Waals surface area contributed by atoms with E-state index >= 15 is 0 Å². The zero-order valence-corrected chi connectivity index (χ0v) is 12.5. The molecule has 3 nitrogen and oxygen atoms in total. The lowest BCUT2D eigenvalue weighted by Gasteiger charge is -2.36. The number of nitrogens with one attached hydrogen (secondary N) is 1. The first-order valence-electron chi connectivity index (χ1n) is 7.57. The minimum absolute atomic E-state index is 0.694. The summed E-state index contributed by atoms with van der Waals surface area (Å²) in [6.07, 6.45) is 4.70. The van der Waals surface area contributed by atoms with E-state index in [1.165, 1.54) is 30.6 Å². The van der Waals surface area contributed by atoms with Gasteiger partial charge in [-0.1, -0.05) is 19.9 Å². The average Bonchev–Trinajstić information content (AvgIpc) is 2.42. The smallest absolute Gasteiger partial charge is 0.0544 e. The molecule has 0 aliphatic carbocycles. The van der Waals surface area contributed by atoms with E-state index in [-0.39, 0.29) is 0 Å². The van der Waals surface area contributed by atoms with Crippen LogP contribution in [0.3, 0.4) is 0 Å². The highest BCUT2D eigenvalue weighted by Crippen LogP contribution is 2.22. The van der Waals surface area contributed by atoms with Crippen LogP contribution in [-0.4, -0.2) is 29.0 Å². The Labute approximate surface area is 117 Å². The van der Waals surface area contributed by atoms with Gasteiger partial charge in [0.15, 0.2) is 0 Å². The number of hydrogen-bond donors (Lipinski definition) is 1. The lowest BCUT2D eigenvalue weighted by Crippen LogP contribution is -2.40. The van der Waals surface area contributed by atoms with Gasteiger partial charge in [0.05, 0.1) is 5.69 Å². The van der Waals surface area contributed by atoms with Gasteiger partial charge in [0.1, 0.15) is 0 Å². The first kappa shape index (κ1) is 14.5. The molecule has 1 N–H and O–H groups in total. The molecule has 0 radical (unpaired) electrons. The summed E-state index contributed by atoms with van der Waals surface area (Å²) in [6.45, 7) is 10.9. The zero-order chi connectivity index (χ0) is 13.7. The highest BCUT2D eigenvalue weighted by Gasteiger charge is 2.22. The van der Waals surface area contributed by atoms with E-state index in [4.69, 9.17) is 0 Å². The Hall–Kier alpha value is -0.930. The third kappa shape index (κ3) is 4.29. The molecule has 2 atom stereocenters. The molecule has 1 aliphatic rings. The molecule has 2 unspecified atom stereocenters. The number of rotatable bonds is 5. The van der Waals surface area contributed by atoms with E-state index in [2.05, 4.69) is 48.1 Å². The van der Waals surface area contributed by atoms with Gasteiger partial charge >= 0.3 is 0 Å². The van der Waals surface area contributed by atoms with Crippen LogP contribution in [0.2, 0.25) is 0 Å². The van der Waals surface area contributed by atoms with Crippen LogP contribution in [0.5, 0.6) is 0 Å². The molecule has 0 aromatic carbocycles. The lowest BCUT2D eigenvalue weighted by molar-refractivity contribution is 0.116. The highest BCUT2D eigenvalue weighted by molar-refractivity contribution is 5.14. The predicted octanol–water partition coefficient (Wildman–Crippen LogP) is 2.81. The van der Waals surface area contributed by atoms with Gasteiger partial charge in [-0.25, -0.2) is 0 Å². The molecule has 0 saturated carbocycles. The number of piperidine rings is 1. The number of aromatic nitrogens is 1. The van der Waals surface area contributed by atoms with Crippen molar-refractivity contribution in [3.05, 3.63) is 29.6 Å². The second-order valence-corrected chi connectivity index (χ2v) is 5.90. The zero-order valence-electron chi connectivity index (χ0n) is 12.5. The summed E-state index contributed by atoms with van der Waals surface area (Å²) in [5.74, 6) is 0.823. The molecule has 1 fully saturated rings. The van der Waals surface area contributed by atoms with Crippen molar-refractivity contribution in [3.63, 3.8) is 0 Å². The molecule has 106 valence electrons. The monoisotopic (exact) mass is 261 g/mol. The van der Waals surface area contributed by atoms with Crippen molar-refractivity contribution in [3.8, 4) is 0 Å². The van der Waals surface area contributed by atoms with Gasteiger partial charge in [-0.15, -0.1) is 0 Å². The van der Waals surface area contributed by atoms with Crippen molar-refractivity contribution in [1.29, 1.82) is 0 Å². The second kappa shape index (κ2) is 7.01. The Morgan fingerprint density at radius 1 is 1.32 bits per heavy atom. The summed E-state index contributed by atoms with van der Waals surface area (Å²) in [6, 6.07) is 5.07. The van der Waals surface area contributed by atoms with Gasteiger partial charge in [0.2, 0.25) is 0 Å². The van der Waals surface area contributed by atoms with Crippen LogP contribution in [-0.2, 0) is 13.1 Å². The summed E-state index contributed by atoms with van der Waals surface area (Å²) >= 11 is 0. The SMILES string of the molecule is CCNCc1ccc(CN2CC(C)CCC2C)nc1. The third-order valence-electron chi connectivity index (χ3n) is 4.08. The number of pyridine rings is 1. The number of likely N-dealkylation sites (tertiary alicyclic amines) is 1. The maximum Gasteiger partial charge on any atom is 0.0544 e. The first-order valence-corrected chi connectivity index (χ1v) is 7.57.